The summed E-state index contributed by atoms with van der Waals surface area (Å²) in [6.45, 7) is 4.12. The standard InChI is InChI=1S/C23H31N3O2/c1-22-11-10-16(14-18(22)21(28)26-12-6-2-3-7-13-26)23(15-22)24-19-9-5-4-8-17(19)20(27)25-23/h4-5,8-9,16,18,24H,2-3,6-7,10-15H2,1H3,(H,25,27)/t16-,18-,22-,23+/m1/s1. The van der Waals surface area contributed by atoms with Crippen molar-refractivity contribution < 1.29 is 9.59 Å². The highest BCUT2D eigenvalue weighted by Crippen LogP contribution is 2.58. The van der Waals surface area contributed by atoms with Gasteiger partial charge in [0.1, 0.15) is 5.66 Å². The third-order valence-corrected chi connectivity index (χ3v) is 7.89. The molecule has 0 unspecified atom stereocenters. The summed E-state index contributed by atoms with van der Waals surface area (Å²) >= 11 is 0. The minimum Gasteiger partial charge on any atom is -0.362 e. The largest absolute Gasteiger partial charge is 0.362 e. The van der Waals surface area contributed by atoms with E-state index < -0.39 is 5.66 Å². The Balaban J connectivity index is 1.41. The highest BCUT2D eigenvalue weighted by atomic mass is 16.2. The average Bonchev–Trinajstić information content (AvgIpc) is 2.96. The number of fused-ring (bicyclic) bond motifs is 3. The molecule has 5 heteroatoms. The summed E-state index contributed by atoms with van der Waals surface area (Å²) in [5.74, 6) is 0.769. The Bertz CT molecular complexity index is 801. The lowest BCUT2D eigenvalue weighted by Gasteiger charge is -2.61. The minimum absolute atomic E-state index is 0.0147. The van der Waals surface area contributed by atoms with Crippen LogP contribution in [0.4, 0.5) is 5.69 Å². The maximum atomic E-state index is 13.5. The van der Waals surface area contributed by atoms with Gasteiger partial charge in [0.05, 0.1) is 5.56 Å². The highest BCUT2D eigenvalue weighted by Gasteiger charge is 2.60. The number of rotatable bonds is 1. The topological polar surface area (TPSA) is 61.4 Å². The van der Waals surface area contributed by atoms with E-state index in [0.717, 1.165) is 62.9 Å². The second-order valence-corrected chi connectivity index (χ2v) is 9.69. The van der Waals surface area contributed by atoms with E-state index in [2.05, 4.69) is 22.5 Å². The summed E-state index contributed by atoms with van der Waals surface area (Å²) in [6.07, 6.45) is 8.60. The monoisotopic (exact) mass is 381 g/mol. The predicted octanol–water partition coefficient (Wildman–Crippen LogP) is 3.77. The number of carbonyl (C=O) groups is 2. The molecular formula is C23H31N3O2. The molecule has 2 N–H and O–H groups in total. The number of carbonyl (C=O) groups excluding carboxylic acids is 2. The zero-order valence-electron chi connectivity index (χ0n) is 16.8. The van der Waals surface area contributed by atoms with Crippen LogP contribution < -0.4 is 10.6 Å². The number of nitrogens with zero attached hydrogens (tertiary/aromatic N) is 1. The molecule has 3 aliphatic carbocycles. The first-order chi connectivity index (χ1) is 13.5. The van der Waals surface area contributed by atoms with Gasteiger partial charge in [0.25, 0.3) is 5.91 Å². The Labute approximate surface area is 167 Å². The quantitative estimate of drug-likeness (QED) is 0.778. The molecule has 2 bridgehead atoms. The SMILES string of the molecule is C[C@]12CC[C@H](C[C@@H]1C(=O)N1CCCCCC1)[C@]1(C2)NC(=O)c2ccccc2N1. The van der Waals surface area contributed by atoms with Gasteiger partial charge in [-0.25, -0.2) is 0 Å². The van der Waals surface area contributed by atoms with E-state index in [-0.39, 0.29) is 17.2 Å². The van der Waals surface area contributed by atoms with Gasteiger partial charge in [-0.3, -0.25) is 9.59 Å². The molecule has 4 fully saturated rings. The Morgan fingerprint density at radius 1 is 1.11 bits per heavy atom. The number of amides is 2. The van der Waals surface area contributed by atoms with Crippen LogP contribution in [0, 0.1) is 17.3 Å². The third-order valence-electron chi connectivity index (χ3n) is 7.89. The molecule has 28 heavy (non-hydrogen) atoms. The Hall–Kier alpha value is -2.04. The van der Waals surface area contributed by atoms with E-state index in [1.807, 2.05) is 24.3 Å². The molecule has 6 rings (SSSR count). The van der Waals surface area contributed by atoms with Crippen LogP contribution >= 0.6 is 0 Å². The molecule has 1 aromatic rings. The second kappa shape index (κ2) is 6.50. The molecule has 5 aliphatic rings. The predicted molar refractivity (Wildman–Crippen MR) is 109 cm³/mol. The molecule has 2 amide bonds. The summed E-state index contributed by atoms with van der Waals surface area (Å²) < 4.78 is 0. The summed E-state index contributed by atoms with van der Waals surface area (Å²) in [6, 6.07) is 7.76. The number of anilines is 1. The van der Waals surface area contributed by atoms with E-state index in [1.54, 1.807) is 0 Å². The Morgan fingerprint density at radius 3 is 2.61 bits per heavy atom. The molecule has 2 heterocycles. The van der Waals surface area contributed by atoms with Gasteiger partial charge in [0.2, 0.25) is 5.91 Å². The summed E-state index contributed by atoms with van der Waals surface area (Å²) in [4.78, 5) is 28.4. The first-order valence-electron chi connectivity index (χ1n) is 11.0. The third kappa shape index (κ3) is 2.73. The van der Waals surface area contributed by atoms with Gasteiger partial charge in [-0.2, -0.15) is 0 Å². The fraction of sp³-hybridized carbons (Fsp3) is 0.652. The maximum absolute atomic E-state index is 13.5. The first-order valence-corrected chi connectivity index (χ1v) is 11.0. The van der Waals surface area contributed by atoms with Crippen LogP contribution in [0.1, 0.15) is 68.6 Å². The van der Waals surface area contributed by atoms with Gasteiger partial charge in [0.15, 0.2) is 0 Å². The lowest BCUT2D eigenvalue weighted by molar-refractivity contribution is -0.150. The van der Waals surface area contributed by atoms with Crippen molar-refractivity contribution in [3.8, 4) is 0 Å². The Morgan fingerprint density at radius 2 is 1.86 bits per heavy atom. The second-order valence-electron chi connectivity index (χ2n) is 9.69. The minimum atomic E-state index is -0.409. The molecule has 0 radical (unpaired) electrons. The van der Waals surface area contributed by atoms with Crippen molar-refractivity contribution in [2.24, 2.45) is 17.3 Å². The molecule has 3 saturated carbocycles. The smallest absolute Gasteiger partial charge is 0.255 e. The zero-order valence-corrected chi connectivity index (χ0v) is 16.8. The number of nitrogens with one attached hydrogen (secondary N) is 2. The fourth-order valence-corrected chi connectivity index (χ4v) is 6.34. The lowest BCUT2D eigenvalue weighted by atomic mass is 9.51. The van der Waals surface area contributed by atoms with Crippen molar-refractivity contribution in [3.05, 3.63) is 29.8 Å². The molecule has 2 aliphatic heterocycles. The van der Waals surface area contributed by atoms with Crippen LogP contribution in [0.15, 0.2) is 24.3 Å². The van der Waals surface area contributed by atoms with E-state index in [1.165, 1.54) is 12.8 Å². The molecule has 5 nitrogen and oxygen atoms in total. The van der Waals surface area contributed by atoms with Crippen LogP contribution in [-0.4, -0.2) is 35.5 Å². The summed E-state index contributed by atoms with van der Waals surface area (Å²) in [5, 5.41) is 7.01. The maximum Gasteiger partial charge on any atom is 0.255 e. The molecule has 1 aromatic carbocycles. The van der Waals surface area contributed by atoms with Crippen LogP contribution in [-0.2, 0) is 4.79 Å². The van der Waals surface area contributed by atoms with Crippen LogP contribution in [0.3, 0.4) is 0 Å². The number of hydrogen-bond acceptors (Lipinski definition) is 3. The van der Waals surface area contributed by atoms with Gasteiger partial charge >= 0.3 is 0 Å². The van der Waals surface area contributed by atoms with Crippen LogP contribution in [0.25, 0.3) is 0 Å². The van der Waals surface area contributed by atoms with Crippen molar-refractivity contribution >= 4 is 17.5 Å². The van der Waals surface area contributed by atoms with E-state index >= 15 is 0 Å². The van der Waals surface area contributed by atoms with Crippen molar-refractivity contribution in [2.75, 3.05) is 18.4 Å². The first kappa shape index (κ1) is 18.0. The van der Waals surface area contributed by atoms with Crippen molar-refractivity contribution in [3.63, 3.8) is 0 Å². The average molecular weight is 382 g/mol. The van der Waals surface area contributed by atoms with E-state index in [0.29, 0.717) is 11.8 Å². The van der Waals surface area contributed by atoms with Gasteiger partial charge in [-0.15, -0.1) is 0 Å². The molecule has 150 valence electrons. The van der Waals surface area contributed by atoms with Crippen molar-refractivity contribution in [1.29, 1.82) is 0 Å². The number of para-hydroxylation sites is 1. The molecule has 4 atom stereocenters. The highest BCUT2D eigenvalue weighted by molar-refractivity contribution is 6.02. The van der Waals surface area contributed by atoms with E-state index in [4.69, 9.17) is 0 Å². The molecule has 1 spiro atoms. The molecular weight excluding hydrogens is 350 g/mol. The molecule has 1 saturated heterocycles. The van der Waals surface area contributed by atoms with Crippen molar-refractivity contribution in [2.45, 2.75) is 64.0 Å². The fourth-order valence-electron chi connectivity index (χ4n) is 6.34. The Kier molecular flexibility index (Phi) is 4.18. The number of benzene rings is 1. The summed E-state index contributed by atoms with van der Waals surface area (Å²) in [5.41, 5.74) is 1.17. The zero-order chi connectivity index (χ0) is 19.4. The lowest BCUT2D eigenvalue weighted by Crippen LogP contribution is -2.70. The van der Waals surface area contributed by atoms with Crippen LogP contribution in [0.2, 0.25) is 0 Å². The number of likely N-dealkylation sites (tertiary alicyclic amines) is 1. The van der Waals surface area contributed by atoms with Gasteiger partial charge in [-0.05, 0) is 56.1 Å². The van der Waals surface area contributed by atoms with Crippen molar-refractivity contribution in [1.82, 2.24) is 10.2 Å². The van der Waals surface area contributed by atoms with Gasteiger partial charge in [0, 0.05) is 30.6 Å². The van der Waals surface area contributed by atoms with Gasteiger partial charge in [-0.1, -0.05) is 31.9 Å². The van der Waals surface area contributed by atoms with Crippen LogP contribution in [0.5, 0.6) is 0 Å². The normalized spacial score (nSPS) is 37.0. The number of hydrogen-bond donors (Lipinski definition) is 2. The van der Waals surface area contributed by atoms with E-state index in [9.17, 15) is 9.59 Å². The van der Waals surface area contributed by atoms with Gasteiger partial charge < -0.3 is 15.5 Å². The molecule has 0 aromatic heterocycles. The summed E-state index contributed by atoms with van der Waals surface area (Å²) in [7, 11) is 0.